The van der Waals surface area contributed by atoms with Gasteiger partial charge in [0, 0.05) is 31.9 Å². The van der Waals surface area contributed by atoms with E-state index in [0.717, 1.165) is 34.0 Å². The second-order valence-corrected chi connectivity index (χ2v) is 7.98. The molecule has 1 amide bonds. The number of carbonyl (C=O) groups excluding carboxylic acids is 1. The Morgan fingerprint density at radius 2 is 1.72 bits per heavy atom. The second kappa shape index (κ2) is 7.25. The topological polar surface area (TPSA) is 69.8 Å². The predicted octanol–water partition coefficient (Wildman–Crippen LogP) is 4.22. The SMILES string of the molecule is O=C(c1ccc(-c2nc3ccccc3s2)o1)N1CCN(c2ccc(O)cc2)CC1. The highest BCUT2D eigenvalue weighted by Crippen LogP contribution is 2.31. The van der Waals surface area contributed by atoms with Gasteiger partial charge >= 0.3 is 0 Å². The molecule has 5 rings (SSSR count). The van der Waals surface area contributed by atoms with Crippen molar-refractivity contribution in [2.24, 2.45) is 0 Å². The summed E-state index contributed by atoms with van der Waals surface area (Å²) in [5.74, 6) is 1.13. The molecule has 6 nitrogen and oxygen atoms in total. The number of fused-ring (bicyclic) bond motifs is 1. The third-order valence-electron chi connectivity index (χ3n) is 5.10. The second-order valence-electron chi connectivity index (χ2n) is 6.95. The summed E-state index contributed by atoms with van der Waals surface area (Å²) in [6, 6.07) is 18.6. The lowest BCUT2D eigenvalue weighted by molar-refractivity contribution is 0.0715. The van der Waals surface area contributed by atoms with Crippen LogP contribution in [0.1, 0.15) is 10.6 Å². The summed E-state index contributed by atoms with van der Waals surface area (Å²) < 4.78 is 6.95. The first-order valence-corrected chi connectivity index (χ1v) is 10.3. The maximum absolute atomic E-state index is 12.9. The molecule has 1 aliphatic rings. The Kier molecular flexibility index (Phi) is 4.44. The third kappa shape index (κ3) is 3.45. The van der Waals surface area contributed by atoms with Gasteiger partial charge in [0.1, 0.15) is 5.75 Å². The first kappa shape index (κ1) is 17.8. The molecule has 4 aromatic rings. The molecular formula is C22H19N3O3S. The van der Waals surface area contributed by atoms with Crippen molar-refractivity contribution >= 4 is 33.1 Å². The minimum absolute atomic E-state index is 0.0947. The van der Waals surface area contributed by atoms with Crippen LogP contribution in [0.3, 0.4) is 0 Å². The number of phenols is 1. The summed E-state index contributed by atoms with van der Waals surface area (Å²) in [4.78, 5) is 21.5. The zero-order chi connectivity index (χ0) is 19.8. The maximum atomic E-state index is 12.9. The zero-order valence-electron chi connectivity index (χ0n) is 15.6. The van der Waals surface area contributed by atoms with Crippen LogP contribution in [0.25, 0.3) is 21.0 Å². The van der Waals surface area contributed by atoms with Gasteiger partial charge in [-0.1, -0.05) is 12.1 Å². The summed E-state index contributed by atoms with van der Waals surface area (Å²) >= 11 is 1.56. The number of hydrogen-bond donors (Lipinski definition) is 1. The number of aromatic hydroxyl groups is 1. The molecule has 1 fully saturated rings. The fraction of sp³-hybridized carbons (Fsp3) is 0.182. The quantitative estimate of drug-likeness (QED) is 0.553. The van der Waals surface area contributed by atoms with E-state index in [1.54, 1.807) is 29.5 Å². The number of benzene rings is 2. The largest absolute Gasteiger partial charge is 0.508 e. The summed E-state index contributed by atoms with van der Waals surface area (Å²) in [6.07, 6.45) is 0. The molecule has 7 heteroatoms. The lowest BCUT2D eigenvalue weighted by Crippen LogP contribution is -2.48. The minimum atomic E-state index is -0.0947. The molecule has 0 saturated carbocycles. The number of piperazine rings is 1. The van der Waals surface area contributed by atoms with Crippen LogP contribution in [0.15, 0.2) is 65.1 Å². The van der Waals surface area contributed by atoms with Gasteiger partial charge in [-0.3, -0.25) is 4.79 Å². The number of phenolic OH excluding ortho intramolecular Hbond substituents is 1. The van der Waals surface area contributed by atoms with Crippen LogP contribution in [0, 0.1) is 0 Å². The monoisotopic (exact) mass is 405 g/mol. The highest BCUT2D eigenvalue weighted by atomic mass is 32.1. The lowest BCUT2D eigenvalue weighted by Gasteiger charge is -2.35. The van der Waals surface area contributed by atoms with Gasteiger partial charge in [0.05, 0.1) is 10.2 Å². The summed E-state index contributed by atoms with van der Waals surface area (Å²) in [7, 11) is 0. The number of para-hydroxylation sites is 1. The molecule has 0 bridgehead atoms. The fourth-order valence-corrected chi connectivity index (χ4v) is 4.46. The van der Waals surface area contributed by atoms with E-state index in [2.05, 4.69) is 9.88 Å². The first-order chi connectivity index (χ1) is 14.2. The molecule has 1 saturated heterocycles. The molecule has 29 heavy (non-hydrogen) atoms. The van der Waals surface area contributed by atoms with Crippen LogP contribution in [0.4, 0.5) is 5.69 Å². The third-order valence-corrected chi connectivity index (χ3v) is 6.15. The van der Waals surface area contributed by atoms with Gasteiger partial charge < -0.3 is 19.3 Å². The molecule has 3 heterocycles. The van der Waals surface area contributed by atoms with Gasteiger partial charge in [-0.05, 0) is 48.5 Å². The highest BCUT2D eigenvalue weighted by molar-refractivity contribution is 7.21. The van der Waals surface area contributed by atoms with Gasteiger partial charge in [-0.25, -0.2) is 4.98 Å². The van der Waals surface area contributed by atoms with Gasteiger partial charge in [0.15, 0.2) is 16.5 Å². The van der Waals surface area contributed by atoms with E-state index in [1.165, 1.54) is 0 Å². The van der Waals surface area contributed by atoms with Gasteiger partial charge in [0.2, 0.25) is 0 Å². The van der Waals surface area contributed by atoms with E-state index in [4.69, 9.17) is 4.42 Å². The maximum Gasteiger partial charge on any atom is 0.289 e. The Labute approximate surface area is 171 Å². The van der Waals surface area contributed by atoms with E-state index in [-0.39, 0.29) is 11.7 Å². The van der Waals surface area contributed by atoms with E-state index in [0.29, 0.717) is 24.6 Å². The normalized spacial score (nSPS) is 14.5. The van der Waals surface area contributed by atoms with Crippen molar-refractivity contribution in [3.63, 3.8) is 0 Å². The van der Waals surface area contributed by atoms with Crippen LogP contribution >= 0.6 is 11.3 Å². The average Bonchev–Trinajstić information content (AvgIpc) is 3.41. The Morgan fingerprint density at radius 1 is 0.966 bits per heavy atom. The molecule has 0 aliphatic carbocycles. The predicted molar refractivity (Wildman–Crippen MR) is 114 cm³/mol. The van der Waals surface area contributed by atoms with Crippen LogP contribution in [-0.4, -0.2) is 47.1 Å². The average molecular weight is 405 g/mol. The Bertz CT molecular complexity index is 1120. The molecular weight excluding hydrogens is 386 g/mol. The minimum Gasteiger partial charge on any atom is -0.508 e. The standard InChI is InChI=1S/C22H19N3O3S/c26-16-7-5-15(6-8-16)24-11-13-25(14-12-24)22(27)19-10-9-18(28-19)21-23-17-3-1-2-4-20(17)29-21/h1-10,26H,11-14H2. The summed E-state index contributed by atoms with van der Waals surface area (Å²) in [5.41, 5.74) is 1.98. The molecule has 146 valence electrons. The number of furan rings is 1. The number of amides is 1. The Balaban J connectivity index is 1.27. The summed E-state index contributed by atoms with van der Waals surface area (Å²) in [5, 5.41) is 10.2. The van der Waals surface area contributed by atoms with E-state index >= 15 is 0 Å². The van der Waals surface area contributed by atoms with E-state index in [1.807, 2.05) is 47.4 Å². The van der Waals surface area contributed by atoms with Crippen molar-refractivity contribution in [2.45, 2.75) is 0 Å². The highest BCUT2D eigenvalue weighted by Gasteiger charge is 2.25. The molecule has 1 aliphatic heterocycles. The van der Waals surface area contributed by atoms with E-state index < -0.39 is 0 Å². The molecule has 0 spiro atoms. The number of rotatable bonds is 3. The lowest BCUT2D eigenvalue weighted by atomic mass is 10.2. The number of anilines is 1. The van der Waals surface area contributed by atoms with Crippen molar-refractivity contribution in [2.75, 3.05) is 31.1 Å². The number of hydrogen-bond acceptors (Lipinski definition) is 6. The number of aromatic nitrogens is 1. The Morgan fingerprint density at radius 3 is 2.48 bits per heavy atom. The van der Waals surface area contributed by atoms with Gasteiger partial charge in [0.25, 0.3) is 5.91 Å². The summed E-state index contributed by atoms with van der Waals surface area (Å²) in [6.45, 7) is 2.72. The van der Waals surface area contributed by atoms with Gasteiger partial charge in [-0.2, -0.15) is 0 Å². The number of carbonyl (C=O) groups is 1. The van der Waals surface area contributed by atoms with E-state index in [9.17, 15) is 9.90 Å². The van der Waals surface area contributed by atoms with Crippen LogP contribution < -0.4 is 4.90 Å². The molecule has 2 aromatic heterocycles. The smallest absolute Gasteiger partial charge is 0.289 e. The van der Waals surface area contributed by atoms with Crippen molar-refractivity contribution in [1.82, 2.24) is 9.88 Å². The molecule has 0 unspecified atom stereocenters. The Hall–Kier alpha value is -3.32. The molecule has 2 aromatic carbocycles. The van der Waals surface area contributed by atoms with Crippen molar-refractivity contribution in [3.05, 3.63) is 66.4 Å². The zero-order valence-corrected chi connectivity index (χ0v) is 16.4. The molecule has 1 N–H and O–H groups in total. The van der Waals surface area contributed by atoms with Crippen LogP contribution in [0.5, 0.6) is 5.75 Å². The van der Waals surface area contributed by atoms with Crippen molar-refractivity contribution in [3.8, 4) is 16.5 Å². The van der Waals surface area contributed by atoms with Crippen molar-refractivity contribution in [1.29, 1.82) is 0 Å². The van der Waals surface area contributed by atoms with Crippen LogP contribution in [-0.2, 0) is 0 Å². The number of thiazole rings is 1. The first-order valence-electron chi connectivity index (χ1n) is 9.46. The molecule has 0 atom stereocenters. The fourth-order valence-electron chi connectivity index (χ4n) is 3.53. The van der Waals surface area contributed by atoms with Gasteiger partial charge in [-0.15, -0.1) is 11.3 Å². The van der Waals surface area contributed by atoms with Crippen LogP contribution in [0.2, 0.25) is 0 Å². The number of nitrogens with zero attached hydrogens (tertiary/aromatic N) is 3. The van der Waals surface area contributed by atoms with Crippen molar-refractivity contribution < 1.29 is 14.3 Å². The molecule has 0 radical (unpaired) electrons.